The Kier molecular flexibility index (Phi) is 2.18. The summed E-state index contributed by atoms with van der Waals surface area (Å²) >= 11 is 0. The van der Waals surface area contributed by atoms with Crippen molar-refractivity contribution >= 4 is 11.9 Å². The quantitative estimate of drug-likeness (QED) is 0.686. The van der Waals surface area contributed by atoms with E-state index < -0.39 is 6.04 Å². The van der Waals surface area contributed by atoms with Crippen molar-refractivity contribution in [1.82, 2.24) is 5.32 Å². The van der Waals surface area contributed by atoms with E-state index in [1.807, 2.05) is 6.07 Å². The molecular formula is C10H9NO3. The topological polar surface area (TPSA) is 55.4 Å². The number of carbonyl (C=O) groups is 2. The van der Waals surface area contributed by atoms with E-state index in [0.29, 0.717) is 5.56 Å². The molecule has 1 N–H and O–H groups in total. The summed E-state index contributed by atoms with van der Waals surface area (Å²) in [5, 5.41) is 2.57. The number of carbonyl (C=O) groups excluding carboxylic acids is 2. The van der Waals surface area contributed by atoms with Gasteiger partial charge in [0.1, 0.15) is 6.61 Å². The normalized spacial score (nSPS) is 19.4. The summed E-state index contributed by atoms with van der Waals surface area (Å²) in [6.07, 6.45) is 0. The van der Waals surface area contributed by atoms with Crippen LogP contribution in [0.3, 0.4) is 0 Å². The Hall–Kier alpha value is -1.84. The lowest BCUT2D eigenvalue weighted by atomic mass is 10.2. The molecule has 72 valence electrons. The first kappa shape index (κ1) is 8.74. The maximum atomic E-state index is 11.5. The molecule has 1 amide bonds. The van der Waals surface area contributed by atoms with Crippen LogP contribution in [0.2, 0.25) is 0 Å². The zero-order valence-electron chi connectivity index (χ0n) is 7.40. The fourth-order valence-electron chi connectivity index (χ4n) is 1.17. The highest BCUT2D eigenvalue weighted by atomic mass is 16.6. The number of benzene rings is 1. The van der Waals surface area contributed by atoms with Gasteiger partial charge in [-0.3, -0.25) is 4.79 Å². The third-order valence-corrected chi connectivity index (χ3v) is 2.02. The minimum Gasteiger partial charge on any atom is -0.461 e. The molecule has 0 saturated carbocycles. The molecule has 0 aromatic heterocycles. The van der Waals surface area contributed by atoms with Crippen molar-refractivity contribution in [3.63, 3.8) is 0 Å². The van der Waals surface area contributed by atoms with Gasteiger partial charge in [-0.05, 0) is 12.1 Å². The number of cyclic esters (lactones) is 1. The molecule has 1 saturated heterocycles. The number of nitrogens with one attached hydrogen (secondary N) is 1. The van der Waals surface area contributed by atoms with E-state index in [1.165, 1.54) is 0 Å². The van der Waals surface area contributed by atoms with Crippen LogP contribution in [0.5, 0.6) is 0 Å². The second kappa shape index (κ2) is 3.49. The Labute approximate surface area is 80.9 Å². The second-order valence-corrected chi connectivity index (χ2v) is 3.02. The van der Waals surface area contributed by atoms with Gasteiger partial charge < -0.3 is 10.1 Å². The third-order valence-electron chi connectivity index (χ3n) is 2.02. The van der Waals surface area contributed by atoms with E-state index in [0.717, 1.165) is 0 Å². The van der Waals surface area contributed by atoms with Crippen LogP contribution in [-0.4, -0.2) is 24.5 Å². The highest BCUT2D eigenvalue weighted by molar-refractivity contribution is 5.97. The molecule has 4 nitrogen and oxygen atoms in total. The van der Waals surface area contributed by atoms with Gasteiger partial charge in [0.2, 0.25) is 0 Å². The summed E-state index contributed by atoms with van der Waals surface area (Å²) in [7, 11) is 0. The molecule has 0 bridgehead atoms. The van der Waals surface area contributed by atoms with Crippen LogP contribution in [0.15, 0.2) is 30.3 Å². The first-order valence-corrected chi connectivity index (χ1v) is 4.30. The molecule has 0 spiro atoms. The minimum absolute atomic E-state index is 0.243. The Balaban J connectivity index is 1.99. The monoisotopic (exact) mass is 191 g/mol. The molecule has 1 aliphatic heterocycles. The summed E-state index contributed by atoms with van der Waals surface area (Å²) in [5.74, 6) is -0.610. The molecule has 4 heteroatoms. The lowest BCUT2D eigenvalue weighted by Gasteiger charge is -2.25. The minimum atomic E-state index is -0.470. The standard InChI is InChI=1S/C10H9NO3/c12-9(7-4-2-1-3-5-7)11-8-6-14-10(8)13/h1-5,8H,6H2,(H,11,12)/t8-/m0/s1. The van der Waals surface area contributed by atoms with Crippen LogP contribution in [0.1, 0.15) is 10.4 Å². The number of esters is 1. The molecule has 1 aromatic carbocycles. The summed E-state index contributed by atoms with van der Waals surface area (Å²) in [6, 6.07) is 8.29. The van der Waals surface area contributed by atoms with Crippen LogP contribution in [0.4, 0.5) is 0 Å². The van der Waals surface area contributed by atoms with E-state index in [2.05, 4.69) is 10.1 Å². The zero-order chi connectivity index (χ0) is 9.97. The molecule has 1 aromatic rings. The van der Waals surface area contributed by atoms with Gasteiger partial charge in [0.05, 0.1) is 0 Å². The molecule has 0 aliphatic carbocycles. The van der Waals surface area contributed by atoms with E-state index in [-0.39, 0.29) is 18.5 Å². The molecule has 1 fully saturated rings. The van der Waals surface area contributed by atoms with E-state index in [1.54, 1.807) is 24.3 Å². The van der Waals surface area contributed by atoms with Gasteiger partial charge in [0, 0.05) is 5.56 Å². The largest absolute Gasteiger partial charge is 0.461 e. The zero-order valence-corrected chi connectivity index (χ0v) is 7.40. The van der Waals surface area contributed by atoms with Crippen molar-refractivity contribution in [2.45, 2.75) is 6.04 Å². The fraction of sp³-hybridized carbons (Fsp3) is 0.200. The predicted molar refractivity (Wildman–Crippen MR) is 48.7 cm³/mol. The van der Waals surface area contributed by atoms with Gasteiger partial charge >= 0.3 is 5.97 Å². The van der Waals surface area contributed by atoms with Crippen molar-refractivity contribution in [3.8, 4) is 0 Å². The lowest BCUT2D eigenvalue weighted by molar-refractivity contribution is -0.162. The Morgan fingerprint density at radius 1 is 1.36 bits per heavy atom. The molecule has 1 aliphatic rings. The predicted octanol–water partition coefficient (Wildman–Crippen LogP) is 0.342. The van der Waals surface area contributed by atoms with Gasteiger partial charge in [-0.2, -0.15) is 0 Å². The van der Waals surface area contributed by atoms with Gasteiger partial charge in [0.25, 0.3) is 5.91 Å². The number of ether oxygens (including phenoxy) is 1. The van der Waals surface area contributed by atoms with Crippen molar-refractivity contribution < 1.29 is 14.3 Å². The summed E-state index contributed by atoms with van der Waals surface area (Å²) in [5.41, 5.74) is 0.548. The molecule has 0 radical (unpaired) electrons. The van der Waals surface area contributed by atoms with Gasteiger partial charge in [-0.25, -0.2) is 4.79 Å². The Bertz CT molecular complexity index is 361. The molecular weight excluding hydrogens is 182 g/mol. The summed E-state index contributed by atoms with van der Waals surface area (Å²) < 4.78 is 4.53. The third kappa shape index (κ3) is 1.59. The van der Waals surface area contributed by atoms with Crippen molar-refractivity contribution in [1.29, 1.82) is 0 Å². The molecule has 2 rings (SSSR count). The highest BCUT2D eigenvalue weighted by Gasteiger charge is 2.32. The molecule has 1 atom stereocenters. The van der Waals surface area contributed by atoms with E-state index in [4.69, 9.17) is 0 Å². The number of hydrogen-bond acceptors (Lipinski definition) is 3. The number of amides is 1. The Morgan fingerprint density at radius 2 is 2.07 bits per heavy atom. The van der Waals surface area contributed by atoms with E-state index >= 15 is 0 Å². The molecule has 14 heavy (non-hydrogen) atoms. The SMILES string of the molecule is O=C(N[C@H]1COC1=O)c1ccccc1. The van der Waals surface area contributed by atoms with Crippen molar-refractivity contribution in [2.75, 3.05) is 6.61 Å². The average molecular weight is 191 g/mol. The highest BCUT2D eigenvalue weighted by Crippen LogP contribution is 2.05. The number of rotatable bonds is 2. The van der Waals surface area contributed by atoms with Gasteiger partial charge in [-0.1, -0.05) is 18.2 Å². The number of hydrogen-bond donors (Lipinski definition) is 1. The van der Waals surface area contributed by atoms with Crippen LogP contribution < -0.4 is 5.32 Å². The summed E-state index contributed by atoms with van der Waals surface area (Å²) in [6.45, 7) is 0.275. The van der Waals surface area contributed by atoms with Crippen LogP contribution >= 0.6 is 0 Å². The smallest absolute Gasteiger partial charge is 0.332 e. The van der Waals surface area contributed by atoms with Crippen LogP contribution in [0.25, 0.3) is 0 Å². The first-order chi connectivity index (χ1) is 6.77. The molecule has 1 heterocycles. The molecule has 0 unspecified atom stereocenters. The van der Waals surface area contributed by atoms with Crippen LogP contribution in [0, 0.1) is 0 Å². The average Bonchev–Trinajstić information content (AvgIpc) is 2.24. The van der Waals surface area contributed by atoms with Gasteiger partial charge in [0.15, 0.2) is 6.04 Å². The van der Waals surface area contributed by atoms with Crippen molar-refractivity contribution in [3.05, 3.63) is 35.9 Å². The second-order valence-electron chi connectivity index (χ2n) is 3.02. The Morgan fingerprint density at radius 3 is 2.57 bits per heavy atom. The maximum Gasteiger partial charge on any atom is 0.332 e. The van der Waals surface area contributed by atoms with Gasteiger partial charge in [-0.15, -0.1) is 0 Å². The maximum absolute atomic E-state index is 11.5. The van der Waals surface area contributed by atoms with E-state index in [9.17, 15) is 9.59 Å². The van der Waals surface area contributed by atoms with Crippen LogP contribution in [-0.2, 0) is 9.53 Å². The first-order valence-electron chi connectivity index (χ1n) is 4.30. The fourth-order valence-corrected chi connectivity index (χ4v) is 1.17. The van der Waals surface area contributed by atoms with Crippen molar-refractivity contribution in [2.24, 2.45) is 0 Å². The lowest BCUT2D eigenvalue weighted by Crippen LogP contribution is -2.52. The summed E-state index contributed by atoms with van der Waals surface area (Å²) in [4.78, 5) is 22.2.